The molecule has 3 aliphatic heterocycles. The summed E-state index contributed by atoms with van der Waals surface area (Å²) in [6, 6.07) is 9.09. The number of methoxy groups -OCH3 is 1. The highest BCUT2D eigenvalue weighted by molar-refractivity contribution is 7.99. The second-order valence-electron chi connectivity index (χ2n) is 8.62. The number of nitrogens with zero attached hydrogens (tertiary/aromatic N) is 1. The highest BCUT2D eigenvalue weighted by Gasteiger charge is 2.41. The van der Waals surface area contributed by atoms with Crippen LogP contribution in [-0.2, 0) is 20.7 Å². The van der Waals surface area contributed by atoms with Gasteiger partial charge in [-0.2, -0.15) is 0 Å². The number of fused-ring (bicyclic) bond motifs is 5. The number of carbonyl (C=O) groups excluding carboxylic acids is 1. The van der Waals surface area contributed by atoms with Crippen LogP contribution in [0.3, 0.4) is 0 Å². The molecule has 1 unspecified atom stereocenters. The highest BCUT2D eigenvalue weighted by atomic mass is 32.2. The van der Waals surface area contributed by atoms with Gasteiger partial charge in [-0.05, 0) is 54.9 Å². The van der Waals surface area contributed by atoms with Crippen LogP contribution in [0.2, 0.25) is 0 Å². The van der Waals surface area contributed by atoms with E-state index in [-0.39, 0.29) is 11.4 Å². The molecule has 1 aromatic heterocycles. The molecule has 0 aliphatic carbocycles. The molecule has 0 radical (unpaired) electrons. The fourth-order valence-electron chi connectivity index (χ4n) is 5.52. The lowest BCUT2D eigenvalue weighted by atomic mass is 9.75. The number of piperidine rings is 1. The van der Waals surface area contributed by atoms with Gasteiger partial charge in [-0.1, -0.05) is 18.2 Å². The van der Waals surface area contributed by atoms with Crippen molar-refractivity contribution in [3.8, 4) is 0 Å². The summed E-state index contributed by atoms with van der Waals surface area (Å²) in [5.41, 5.74) is 4.41. The van der Waals surface area contributed by atoms with E-state index >= 15 is 0 Å². The molecule has 4 heterocycles. The van der Waals surface area contributed by atoms with Gasteiger partial charge in [-0.15, -0.1) is 11.8 Å². The van der Waals surface area contributed by atoms with Crippen molar-refractivity contribution in [2.75, 3.05) is 32.6 Å². The van der Waals surface area contributed by atoms with Gasteiger partial charge in [0.2, 0.25) is 0 Å². The Hall–Kier alpha value is -1.50. The summed E-state index contributed by atoms with van der Waals surface area (Å²) in [6.07, 6.45) is 4.86. The summed E-state index contributed by atoms with van der Waals surface area (Å²) in [5, 5.41) is 1.38. The zero-order valence-corrected chi connectivity index (χ0v) is 17.9. The number of para-hydroxylation sites is 1. The maximum absolute atomic E-state index is 12.1. The molecule has 5 nitrogen and oxygen atoms in total. The Morgan fingerprint density at radius 2 is 2.24 bits per heavy atom. The average molecular weight is 415 g/mol. The van der Waals surface area contributed by atoms with Crippen LogP contribution in [0, 0.1) is 11.8 Å². The van der Waals surface area contributed by atoms with Crippen LogP contribution >= 0.6 is 11.8 Å². The Labute approximate surface area is 176 Å². The SMILES string of the molecule is COC(=O)C[C@H]1CN2CCc3c([nH]c4ccccc34)[C@H]2C[C@@H]1CC1OCCCS1. The Morgan fingerprint density at radius 3 is 3.07 bits per heavy atom. The van der Waals surface area contributed by atoms with E-state index in [0.717, 1.165) is 45.4 Å². The molecule has 5 rings (SSSR count). The first kappa shape index (κ1) is 19.5. The number of nitrogens with one attached hydrogen (secondary N) is 1. The van der Waals surface area contributed by atoms with Crippen molar-refractivity contribution in [3.63, 3.8) is 0 Å². The number of hydrogen-bond acceptors (Lipinski definition) is 5. The lowest BCUT2D eigenvalue weighted by Gasteiger charge is -2.47. The third-order valence-electron chi connectivity index (χ3n) is 6.98. The fourth-order valence-corrected chi connectivity index (χ4v) is 6.64. The minimum Gasteiger partial charge on any atom is -0.469 e. The molecule has 0 saturated carbocycles. The van der Waals surface area contributed by atoms with Gasteiger partial charge in [0.05, 0.1) is 13.2 Å². The van der Waals surface area contributed by atoms with Crippen LogP contribution < -0.4 is 0 Å². The van der Waals surface area contributed by atoms with Gasteiger partial charge < -0.3 is 14.5 Å². The summed E-state index contributed by atoms with van der Waals surface area (Å²) >= 11 is 1.94. The maximum atomic E-state index is 12.1. The number of H-pyrrole nitrogens is 1. The molecule has 4 atom stereocenters. The third kappa shape index (κ3) is 3.82. The summed E-state index contributed by atoms with van der Waals surface area (Å²) in [6.45, 7) is 2.91. The molecule has 2 fully saturated rings. The minimum absolute atomic E-state index is 0.0843. The fraction of sp³-hybridized carbons (Fsp3) is 0.609. The van der Waals surface area contributed by atoms with Crippen molar-refractivity contribution in [3.05, 3.63) is 35.5 Å². The highest BCUT2D eigenvalue weighted by Crippen LogP contribution is 2.46. The van der Waals surface area contributed by atoms with E-state index in [1.165, 1.54) is 35.0 Å². The second-order valence-corrected chi connectivity index (χ2v) is 9.89. The summed E-state index contributed by atoms with van der Waals surface area (Å²) in [4.78, 5) is 18.4. The topological polar surface area (TPSA) is 54.6 Å². The van der Waals surface area contributed by atoms with Gasteiger partial charge in [0.25, 0.3) is 0 Å². The van der Waals surface area contributed by atoms with Crippen LogP contribution in [0.25, 0.3) is 10.9 Å². The lowest BCUT2D eigenvalue weighted by Crippen LogP contribution is -2.47. The standard InChI is InChI=1S/C23H30N2O3S/c1-27-21(26)12-16-14-25-8-7-18-17-5-2-3-6-19(17)24-23(18)20(25)11-15(16)13-22-28-9-4-10-29-22/h2-3,5-6,15-16,20,22,24H,4,7-14H2,1H3/t15-,16+,20-,22?/m1/s1. The first-order valence-corrected chi connectivity index (χ1v) is 11.9. The molecule has 1 N–H and O–H groups in total. The lowest BCUT2D eigenvalue weighted by molar-refractivity contribution is -0.143. The van der Waals surface area contributed by atoms with Gasteiger partial charge in [0.15, 0.2) is 0 Å². The molecule has 0 amide bonds. The summed E-state index contributed by atoms with van der Waals surface area (Å²) < 4.78 is 11.1. The Bertz CT molecular complexity index is 876. The maximum Gasteiger partial charge on any atom is 0.305 e. The number of esters is 1. The van der Waals surface area contributed by atoms with Gasteiger partial charge in [-0.3, -0.25) is 9.69 Å². The Kier molecular flexibility index (Phi) is 5.59. The molecule has 1 aromatic carbocycles. The van der Waals surface area contributed by atoms with E-state index in [1.54, 1.807) is 0 Å². The molecular weight excluding hydrogens is 384 g/mol. The molecule has 6 heteroatoms. The van der Waals surface area contributed by atoms with E-state index in [1.807, 2.05) is 11.8 Å². The number of carbonyl (C=O) groups is 1. The van der Waals surface area contributed by atoms with Crippen molar-refractivity contribution < 1.29 is 14.3 Å². The number of hydrogen-bond donors (Lipinski definition) is 1. The molecule has 156 valence electrons. The van der Waals surface area contributed by atoms with Crippen LogP contribution in [0.5, 0.6) is 0 Å². The molecule has 2 aromatic rings. The quantitative estimate of drug-likeness (QED) is 0.762. The van der Waals surface area contributed by atoms with Crippen LogP contribution in [0.4, 0.5) is 0 Å². The molecule has 29 heavy (non-hydrogen) atoms. The normalized spacial score (nSPS) is 30.0. The predicted molar refractivity (Wildman–Crippen MR) is 116 cm³/mol. The molecule has 0 bridgehead atoms. The van der Waals surface area contributed by atoms with E-state index in [9.17, 15) is 4.79 Å². The number of ether oxygens (including phenoxy) is 2. The Morgan fingerprint density at radius 1 is 1.34 bits per heavy atom. The van der Waals surface area contributed by atoms with Crippen LogP contribution in [0.1, 0.15) is 43.0 Å². The second kappa shape index (κ2) is 8.32. The molecule has 3 aliphatic rings. The van der Waals surface area contributed by atoms with E-state index < -0.39 is 0 Å². The largest absolute Gasteiger partial charge is 0.469 e. The molecular formula is C23H30N2O3S. The van der Waals surface area contributed by atoms with Gasteiger partial charge in [0.1, 0.15) is 5.44 Å². The molecule has 2 saturated heterocycles. The van der Waals surface area contributed by atoms with Gasteiger partial charge >= 0.3 is 5.97 Å². The number of benzene rings is 1. The van der Waals surface area contributed by atoms with Crippen LogP contribution in [0.15, 0.2) is 24.3 Å². The van der Waals surface area contributed by atoms with Crippen molar-refractivity contribution in [2.45, 2.75) is 43.6 Å². The van der Waals surface area contributed by atoms with Crippen molar-refractivity contribution in [1.29, 1.82) is 0 Å². The summed E-state index contributed by atoms with van der Waals surface area (Å²) in [7, 11) is 1.50. The average Bonchev–Trinajstić information content (AvgIpc) is 3.14. The Balaban J connectivity index is 1.42. The first-order valence-electron chi connectivity index (χ1n) is 10.9. The number of aromatic amines is 1. The monoisotopic (exact) mass is 414 g/mol. The van der Waals surface area contributed by atoms with Crippen LogP contribution in [-0.4, -0.2) is 53.8 Å². The van der Waals surface area contributed by atoms with Gasteiger partial charge in [-0.25, -0.2) is 0 Å². The number of thioether (sulfide) groups is 1. The van der Waals surface area contributed by atoms with E-state index in [0.29, 0.717) is 24.3 Å². The summed E-state index contributed by atoms with van der Waals surface area (Å²) in [5.74, 6) is 1.92. The minimum atomic E-state index is -0.0843. The first-order chi connectivity index (χ1) is 14.2. The zero-order chi connectivity index (χ0) is 19.8. The smallest absolute Gasteiger partial charge is 0.305 e. The zero-order valence-electron chi connectivity index (χ0n) is 17.1. The molecule has 0 spiro atoms. The number of rotatable bonds is 4. The predicted octanol–water partition coefficient (Wildman–Crippen LogP) is 4.14. The van der Waals surface area contributed by atoms with E-state index in [4.69, 9.17) is 9.47 Å². The van der Waals surface area contributed by atoms with Crippen molar-refractivity contribution in [2.24, 2.45) is 11.8 Å². The third-order valence-corrected chi connectivity index (χ3v) is 8.20. The van der Waals surface area contributed by atoms with E-state index in [2.05, 4.69) is 34.1 Å². The van der Waals surface area contributed by atoms with Crippen molar-refractivity contribution >= 4 is 28.6 Å². The van der Waals surface area contributed by atoms with Crippen molar-refractivity contribution in [1.82, 2.24) is 9.88 Å². The number of aromatic nitrogens is 1. The van der Waals surface area contributed by atoms with Gasteiger partial charge in [0, 0.05) is 42.7 Å².